The lowest BCUT2D eigenvalue weighted by Gasteiger charge is -2.36. The second kappa shape index (κ2) is 12.2. The van der Waals surface area contributed by atoms with Gasteiger partial charge >= 0.3 is 0 Å². The monoisotopic (exact) mass is 523 g/mol. The molecule has 1 fully saturated rings. The number of rotatable bonds is 11. The van der Waals surface area contributed by atoms with Crippen molar-refractivity contribution in [3.63, 3.8) is 0 Å². The zero-order chi connectivity index (χ0) is 26.5. The van der Waals surface area contributed by atoms with Crippen LogP contribution in [-0.4, -0.2) is 44.7 Å². The minimum Gasteiger partial charge on any atom is -0.508 e. The number of thiophene rings is 1. The molecule has 0 saturated carbocycles. The first-order chi connectivity index (χ1) is 17.9. The number of allylic oxidation sites excluding steroid dienone is 2. The first kappa shape index (κ1) is 27.3. The van der Waals surface area contributed by atoms with Crippen molar-refractivity contribution in [1.82, 2.24) is 4.90 Å². The van der Waals surface area contributed by atoms with Gasteiger partial charge in [0.2, 0.25) is 11.8 Å². The van der Waals surface area contributed by atoms with Crippen molar-refractivity contribution in [2.75, 3.05) is 6.61 Å². The third kappa shape index (κ3) is 5.89. The maximum absolute atomic E-state index is 13.5. The fourth-order valence-electron chi connectivity index (χ4n) is 6.00. The largest absolute Gasteiger partial charge is 0.508 e. The quantitative estimate of drug-likeness (QED) is 0.274. The highest BCUT2D eigenvalue weighted by Gasteiger charge is 2.54. The van der Waals surface area contributed by atoms with E-state index in [1.165, 1.54) is 21.8 Å². The predicted molar refractivity (Wildman–Crippen MR) is 146 cm³/mol. The zero-order valence-corrected chi connectivity index (χ0v) is 22.4. The minimum atomic E-state index is -0.799. The summed E-state index contributed by atoms with van der Waals surface area (Å²) in [6, 6.07) is 10.9. The van der Waals surface area contributed by atoms with E-state index in [2.05, 4.69) is 13.0 Å². The molecule has 1 aromatic carbocycles. The molecule has 2 heterocycles. The number of likely N-dealkylation sites (tertiary alicyclic amines) is 1. The van der Waals surface area contributed by atoms with E-state index < -0.39 is 23.9 Å². The maximum Gasteiger partial charge on any atom is 0.234 e. The molecule has 2 aliphatic rings. The third-order valence-corrected chi connectivity index (χ3v) is 8.56. The van der Waals surface area contributed by atoms with Gasteiger partial charge in [0.05, 0.1) is 31.1 Å². The topological polar surface area (TPSA) is 98.1 Å². The summed E-state index contributed by atoms with van der Waals surface area (Å²) in [6.45, 7) is 4.11. The summed E-state index contributed by atoms with van der Waals surface area (Å²) >= 11 is 1.51. The highest BCUT2D eigenvalue weighted by atomic mass is 32.1. The van der Waals surface area contributed by atoms with Crippen molar-refractivity contribution in [2.24, 2.45) is 17.8 Å². The van der Waals surface area contributed by atoms with E-state index in [0.717, 1.165) is 34.4 Å². The maximum atomic E-state index is 13.5. The van der Waals surface area contributed by atoms with Gasteiger partial charge < -0.3 is 15.3 Å². The number of aromatic hydroxyl groups is 1. The van der Waals surface area contributed by atoms with Crippen LogP contribution < -0.4 is 0 Å². The van der Waals surface area contributed by atoms with Crippen molar-refractivity contribution >= 4 is 29.2 Å². The summed E-state index contributed by atoms with van der Waals surface area (Å²) in [6.07, 6.45) is 5.35. The van der Waals surface area contributed by atoms with Crippen molar-refractivity contribution < 1.29 is 24.9 Å². The SMILES string of the molecule is CCC/C(=C\c1cccc(O)c1)CC[C@@H](O)C1=C(CC)C[C@H]2C(=O)N(Cc3cccs3)C(=O)[C@H]2[C@H]1CO. The number of aliphatic hydroxyl groups excluding tert-OH is 2. The van der Waals surface area contributed by atoms with Gasteiger partial charge in [0.25, 0.3) is 0 Å². The molecule has 7 heteroatoms. The van der Waals surface area contributed by atoms with Crippen molar-refractivity contribution in [1.29, 1.82) is 0 Å². The molecule has 0 unspecified atom stereocenters. The third-order valence-electron chi connectivity index (χ3n) is 7.70. The van der Waals surface area contributed by atoms with Crippen LogP contribution in [0.5, 0.6) is 5.75 Å². The van der Waals surface area contributed by atoms with Crippen molar-refractivity contribution in [3.05, 3.63) is 68.9 Å². The van der Waals surface area contributed by atoms with E-state index in [-0.39, 0.29) is 30.7 Å². The fraction of sp³-hybridized carbons (Fsp3) is 0.467. The van der Waals surface area contributed by atoms with Gasteiger partial charge in [0, 0.05) is 10.8 Å². The zero-order valence-electron chi connectivity index (χ0n) is 21.6. The molecule has 0 bridgehead atoms. The number of imide groups is 1. The summed E-state index contributed by atoms with van der Waals surface area (Å²) in [7, 11) is 0. The Bertz CT molecular complexity index is 1170. The molecule has 0 radical (unpaired) electrons. The molecule has 2 aromatic rings. The highest BCUT2D eigenvalue weighted by Crippen LogP contribution is 2.47. The number of carbonyl (C=O) groups is 2. The molecule has 6 nitrogen and oxygen atoms in total. The average molecular weight is 524 g/mol. The standard InChI is InChI=1S/C30H37NO5S/c1-3-7-19(14-20-8-5-9-22(33)15-20)11-12-26(34)27-21(4-2)16-24-28(25(27)18-32)30(36)31(29(24)35)17-23-10-6-13-37-23/h5-6,8-10,13-15,24-26,28,32-34H,3-4,7,11-12,16-18H2,1-2H3/b19-14+/t24-,25+,26-,28-/m1/s1. The summed E-state index contributed by atoms with van der Waals surface area (Å²) in [5, 5.41) is 33.6. The molecule has 3 N–H and O–H groups in total. The average Bonchev–Trinajstić information content (AvgIpc) is 3.49. The van der Waals surface area contributed by atoms with Crippen molar-refractivity contribution in [2.45, 2.75) is 65.0 Å². The number of nitrogens with zero attached hydrogens (tertiary/aromatic N) is 1. The van der Waals surface area contributed by atoms with Gasteiger partial charge in [-0.3, -0.25) is 14.5 Å². The van der Waals surface area contributed by atoms with Gasteiger partial charge in [-0.05, 0) is 66.8 Å². The van der Waals surface area contributed by atoms with Crippen molar-refractivity contribution in [3.8, 4) is 5.75 Å². The summed E-state index contributed by atoms with van der Waals surface area (Å²) in [5.41, 5.74) is 3.83. The minimum absolute atomic E-state index is 0.166. The molecule has 37 heavy (non-hydrogen) atoms. The Morgan fingerprint density at radius 2 is 1.97 bits per heavy atom. The van der Waals surface area contributed by atoms with E-state index in [1.807, 2.05) is 36.6 Å². The van der Waals surface area contributed by atoms with Crippen LogP contribution >= 0.6 is 11.3 Å². The molecule has 4 atom stereocenters. The Morgan fingerprint density at radius 3 is 2.62 bits per heavy atom. The Labute approximate surface area is 223 Å². The van der Waals surface area contributed by atoms with Crippen LogP contribution in [0.2, 0.25) is 0 Å². The smallest absolute Gasteiger partial charge is 0.234 e. The Hall–Kier alpha value is -2.74. The molecule has 4 rings (SSSR count). The van der Waals surface area contributed by atoms with Crippen LogP contribution in [0.1, 0.15) is 62.8 Å². The Balaban J connectivity index is 1.54. The summed E-state index contributed by atoms with van der Waals surface area (Å²) in [5.74, 6) is -1.85. The molecule has 1 aliphatic carbocycles. The summed E-state index contributed by atoms with van der Waals surface area (Å²) < 4.78 is 0. The van der Waals surface area contributed by atoms with Gasteiger partial charge in [-0.25, -0.2) is 0 Å². The van der Waals surface area contributed by atoms with Gasteiger partial charge in [-0.1, -0.05) is 55.7 Å². The fourth-order valence-corrected chi connectivity index (χ4v) is 6.69. The Morgan fingerprint density at radius 1 is 1.16 bits per heavy atom. The van der Waals surface area contributed by atoms with Crippen LogP contribution in [0.4, 0.5) is 0 Å². The molecule has 0 spiro atoms. The summed E-state index contributed by atoms with van der Waals surface area (Å²) in [4.78, 5) is 29.0. The van der Waals surface area contributed by atoms with Gasteiger partial charge in [0.1, 0.15) is 5.75 Å². The number of phenolic OH excluding ortho intramolecular Hbond substituents is 1. The number of hydrogen-bond donors (Lipinski definition) is 3. The number of carbonyl (C=O) groups excluding carboxylic acids is 2. The normalized spacial score (nSPS) is 23.1. The first-order valence-electron chi connectivity index (χ1n) is 13.2. The predicted octanol–water partition coefficient (Wildman–Crippen LogP) is 5.30. The van der Waals surface area contributed by atoms with E-state index in [0.29, 0.717) is 25.7 Å². The van der Waals surface area contributed by atoms with Crippen LogP contribution in [0, 0.1) is 17.8 Å². The molecule has 2 amide bonds. The number of benzene rings is 1. The van der Waals surface area contributed by atoms with Gasteiger partial charge in [-0.2, -0.15) is 0 Å². The van der Waals surface area contributed by atoms with Gasteiger partial charge in [-0.15, -0.1) is 11.3 Å². The molecule has 1 aromatic heterocycles. The molecule has 1 saturated heterocycles. The van der Waals surface area contributed by atoms with E-state index >= 15 is 0 Å². The molecular formula is C30H37NO5S. The lowest BCUT2D eigenvalue weighted by molar-refractivity contribution is -0.140. The van der Waals surface area contributed by atoms with Crippen LogP contribution in [-0.2, 0) is 16.1 Å². The Kier molecular flexibility index (Phi) is 9.00. The van der Waals surface area contributed by atoms with E-state index in [9.17, 15) is 24.9 Å². The first-order valence-corrected chi connectivity index (χ1v) is 14.1. The molecular weight excluding hydrogens is 486 g/mol. The van der Waals surface area contributed by atoms with Gasteiger partial charge in [0.15, 0.2) is 0 Å². The second-order valence-corrected chi connectivity index (χ2v) is 11.1. The lowest BCUT2D eigenvalue weighted by atomic mass is 9.67. The molecule has 198 valence electrons. The van der Waals surface area contributed by atoms with Crippen LogP contribution in [0.15, 0.2) is 58.5 Å². The number of aliphatic hydroxyl groups is 2. The van der Waals surface area contributed by atoms with E-state index in [1.54, 1.807) is 12.1 Å². The number of fused-ring (bicyclic) bond motifs is 1. The van der Waals surface area contributed by atoms with Crippen LogP contribution in [0.3, 0.4) is 0 Å². The van der Waals surface area contributed by atoms with Crippen LogP contribution in [0.25, 0.3) is 6.08 Å². The number of phenols is 1. The number of amides is 2. The number of hydrogen-bond acceptors (Lipinski definition) is 6. The second-order valence-electron chi connectivity index (χ2n) is 10.1. The van der Waals surface area contributed by atoms with E-state index in [4.69, 9.17) is 0 Å². The highest BCUT2D eigenvalue weighted by molar-refractivity contribution is 7.09. The molecule has 1 aliphatic heterocycles. The lowest BCUT2D eigenvalue weighted by Crippen LogP contribution is -2.39.